The molecule has 0 fully saturated rings. The SMILES string of the molecule is c1ccc2c(-c3c4ccccc4c(-c4ccc5oc6cc7sc8ccc9ccccc9c8c7cc6c5c4)c4ccccc34)cccc2c1. The fourth-order valence-electron chi connectivity index (χ4n) is 8.15. The van der Waals surface area contributed by atoms with Crippen molar-refractivity contribution in [3.8, 4) is 22.3 Å². The standard InChI is InChI=1S/C46H26OS/c1-3-13-30-27(10-1)12-9-19-32(30)45-35-17-7-5-15-33(35)44(34-16-6-8-18-36(34)45)29-20-22-40-37(24-29)38-25-39-43(26-41(38)47-40)48-42-23-21-28-11-2-4-14-31(28)46(39)42/h1-26H. The molecule has 0 atom stereocenters. The average molecular weight is 627 g/mol. The maximum absolute atomic E-state index is 6.53. The highest BCUT2D eigenvalue weighted by atomic mass is 32.1. The third kappa shape index (κ3) is 3.61. The van der Waals surface area contributed by atoms with Gasteiger partial charge in [-0.2, -0.15) is 0 Å². The van der Waals surface area contributed by atoms with E-state index >= 15 is 0 Å². The fourth-order valence-corrected chi connectivity index (χ4v) is 9.28. The summed E-state index contributed by atoms with van der Waals surface area (Å²) < 4.78 is 9.10. The largest absolute Gasteiger partial charge is 0.456 e. The average Bonchev–Trinajstić information content (AvgIpc) is 3.69. The van der Waals surface area contributed by atoms with E-state index in [1.807, 2.05) is 11.3 Å². The lowest BCUT2D eigenvalue weighted by atomic mass is 9.84. The van der Waals surface area contributed by atoms with Gasteiger partial charge in [-0.05, 0) is 95.7 Å². The molecule has 222 valence electrons. The van der Waals surface area contributed by atoms with Gasteiger partial charge in [0, 0.05) is 30.9 Å². The second-order valence-electron chi connectivity index (χ2n) is 12.8. The Hall–Kier alpha value is -5.96. The topological polar surface area (TPSA) is 13.1 Å². The number of fused-ring (bicyclic) bond motifs is 11. The molecule has 2 heterocycles. The van der Waals surface area contributed by atoms with Crippen molar-refractivity contribution in [3.63, 3.8) is 0 Å². The fraction of sp³-hybridized carbons (Fsp3) is 0. The van der Waals surface area contributed by atoms with Crippen LogP contribution in [0.2, 0.25) is 0 Å². The van der Waals surface area contributed by atoms with Gasteiger partial charge in [0.05, 0.1) is 0 Å². The molecule has 0 unspecified atom stereocenters. The van der Waals surface area contributed by atoms with Crippen molar-refractivity contribution in [1.29, 1.82) is 0 Å². The molecule has 0 saturated heterocycles. The molecule has 0 bridgehead atoms. The predicted molar refractivity (Wildman–Crippen MR) is 208 cm³/mol. The van der Waals surface area contributed by atoms with Crippen molar-refractivity contribution in [2.45, 2.75) is 0 Å². The van der Waals surface area contributed by atoms with Crippen LogP contribution >= 0.6 is 11.3 Å². The maximum Gasteiger partial charge on any atom is 0.136 e. The Balaban J connectivity index is 1.21. The van der Waals surface area contributed by atoms with E-state index in [9.17, 15) is 0 Å². The van der Waals surface area contributed by atoms with E-state index in [-0.39, 0.29) is 0 Å². The monoisotopic (exact) mass is 626 g/mol. The first-order valence-electron chi connectivity index (χ1n) is 16.4. The summed E-state index contributed by atoms with van der Waals surface area (Å²) in [5.74, 6) is 0. The third-order valence-corrected chi connectivity index (χ3v) is 11.3. The van der Waals surface area contributed by atoms with Crippen LogP contribution in [0.5, 0.6) is 0 Å². The highest BCUT2D eigenvalue weighted by Gasteiger charge is 2.19. The Bertz CT molecular complexity index is 3060. The Morgan fingerprint density at radius 3 is 1.71 bits per heavy atom. The Kier molecular flexibility index (Phi) is 5.32. The number of thiophene rings is 1. The molecule has 11 aromatic rings. The lowest BCUT2D eigenvalue weighted by Crippen LogP contribution is -1.91. The number of furan rings is 1. The van der Waals surface area contributed by atoms with Crippen LogP contribution in [0, 0.1) is 0 Å². The van der Waals surface area contributed by atoms with E-state index in [2.05, 4.69) is 158 Å². The van der Waals surface area contributed by atoms with Gasteiger partial charge in [0.25, 0.3) is 0 Å². The van der Waals surface area contributed by atoms with Crippen LogP contribution in [0.4, 0.5) is 0 Å². The Labute approximate surface area is 279 Å². The van der Waals surface area contributed by atoms with E-state index in [0.717, 1.165) is 21.9 Å². The van der Waals surface area contributed by atoms with Crippen molar-refractivity contribution in [1.82, 2.24) is 0 Å². The first kappa shape index (κ1) is 26.1. The summed E-state index contributed by atoms with van der Waals surface area (Å²) in [6.45, 7) is 0. The van der Waals surface area contributed by atoms with Gasteiger partial charge in [0.1, 0.15) is 11.2 Å². The first-order valence-corrected chi connectivity index (χ1v) is 17.2. The third-order valence-electron chi connectivity index (χ3n) is 10.2. The van der Waals surface area contributed by atoms with Crippen LogP contribution in [0.15, 0.2) is 162 Å². The zero-order chi connectivity index (χ0) is 31.3. The molecule has 0 saturated carbocycles. The van der Waals surface area contributed by atoms with Gasteiger partial charge >= 0.3 is 0 Å². The molecule has 0 aliphatic rings. The summed E-state index contributed by atoms with van der Waals surface area (Å²) in [6.07, 6.45) is 0. The number of benzene rings is 9. The van der Waals surface area contributed by atoms with Crippen LogP contribution in [-0.2, 0) is 0 Å². The molecular weight excluding hydrogens is 601 g/mol. The Morgan fingerprint density at radius 1 is 0.354 bits per heavy atom. The summed E-state index contributed by atoms with van der Waals surface area (Å²) in [4.78, 5) is 0. The van der Waals surface area contributed by atoms with Gasteiger partial charge in [0.2, 0.25) is 0 Å². The normalized spacial score (nSPS) is 12.2. The van der Waals surface area contributed by atoms with Gasteiger partial charge in [-0.1, -0.05) is 127 Å². The molecule has 0 aliphatic heterocycles. The Morgan fingerprint density at radius 2 is 0.958 bits per heavy atom. The van der Waals surface area contributed by atoms with Gasteiger partial charge < -0.3 is 4.42 Å². The van der Waals surface area contributed by atoms with Crippen molar-refractivity contribution in [2.75, 3.05) is 0 Å². The highest BCUT2D eigenvalue weighted by Crippen LogP contribution is 2.47. The molecule has 11 rings (SSSR count). The smallest absolute Gasteiger partial charge is 0.136 e. The van der Waals surface area contributed by atoms with Crippen molar-refractivity contribution in [3.05, 3.63) is 158 Å². The second kappa shape index (κ2) is 9.78. The molecule has 0 N–H and O–H groups in total. The van der Waals surface area contributed by atoms with E-state index in [0.29, 0.717) is 0 Å². The summed E-state index contributed by atoms with van der Waals surface area (Å²) in [7, 11) is 0. The molecule has 48 heavy (non-hydrogen) atoms. The van der Waals surface area contributed by atoms with E-state index in [4.69, 9.17) is 4.42 Å². The minimum Gasteiger partial charge on any atom is -0.456 e. The van der Waals surface area contributed by atoms with Crippen molar-refractivity contribution >= 4 is 96.5 Å². The minimum absolute atomic E-state index is 0.918. The van der Waals surface area contributed by atoms with Crippen LogP contribution in [0.3, 0.4) is 0 Å². The molecule has 0 radical (unpaired) electrons. The van der Waals surface area contributed by atoms with Gasteiger partial charge in [-0.15, -0.1) is 11.3 Å². The molecular formula is C46H26OS. The molecule has 0 aliphatic carbocycles. The molecule has 0 spiro atoms. The number of rotatable bonds is 2. The van der Waals surface area contributed by atoms with Crippen molar-refractivity contribution < 1.29 is 4.42 Å². The predicted octanol–water partition coefficient (Wildman–Crippen LogP) is 13.9. The molecule has 2 aromatic heterocycles. The van der Waals surface area contributed by atoms with E-state index < -0.39 is 0 Å². The molecule has 9 aromatic carbocycles. The van der Waals surface area contributed by atoms with E-state index in [1.165, 1.54) is 85.5 Å². The van der Waals surface area contributed by atoms with Gasteiger partial charge in [0.15, 0.2) is 0 Å². The lowest BCUT2D eigenvalue weighted by Gasteiger charge is -2.18. The second-order valence-corrected chi connectivity index (χ2v) is 13.9. The summed E-state index contributed by atoms with van der Waals surface area (Å²) in [5, 5.41) is 15.1. The molecule has 0 amide bonds. The molecule has 2 heteroatoms. The quantitative estimate of drug-likeness (QED) is 0.174. The molecule has 1 nitrogen and oxygen atoms in total. The lowest BCUT2D eigenvalue weighted by molar-refractivity contribution is 0.669. The van der Waals surface area contributed by atoms with Crippen LogP contribution in [0.25, 0.3) is 107 Å². The zero-order valence-electron chi connectivity index (χ0n) is 25.8. The van der Waals surface area contributed by atoms with E-state index in [1.54, 1.807) is 0 Å². The summed E-state index contributed by atoms with van der Waals surface area (Å²) >= 11 is 1.84. The first-order chi connectivity index (χ1) is 23.8. The minimum atomic E-state index is 0.918. The van der Waals surface area contributed by atoms with Gasteiger partial charge in [-0.3, -0.25) is 0 Å². The highest BCUT2D eigenvalue weighted by molar-refractivity contribution is 7.26. The summed E-state index contributed by atoms with van der Waals surface area (Å²) in [5.41, 5.74) is 6.86. The van der Waals surface area contributed by atoms with Gasteiger partial charge in [-0.25, -0.2) is 0 Å². The van der Waals surface area contributed by atoms with Crippen molar-refractivity contribution in [2.24, 2.45) is 0 Å². The van der Waals surface area contributed by atoms with Crippen LogP contribution in [0.1, 0.15) is 0 Å². The van der Waals surface area contributed by atoms with Crippen LogP contribution < -0.4 is 0 Å². The number of hydrogen-bond donors (Lipinski definition) is 0. The maximum atomic E-state index is 6.53. The summed E-state index contributed by atoms with van der Waals surface area (Å²) in [6, 6.07) is 57.8. The van der Waals surface area contributed by atoms with Crippen LogP contribution in [-0.4, -0.2) is 0 Å². The number of hydrogen-bond acceptors (Lipinski definition) is 2. The zero-order valence-corrected chi connectivity index (χ0v) is 26.6.